The van der Waals surface area contributed by atoms with Crippen molar-refractivity contribution >= 4 is 0 Å². The number of rotatable bonds is 5. The van der Waals surface area contributed by atoms with E-state index in [9.17, 15) is 4.39 Å². The Hall–Kier alpha value is -1.49. The monoisotopic (exact) mass is 248 g/mol. The first kappa shape index (κ1) is 14.6. The topological polar surface area (TPSA) is 9.23 Å². The molecule has 1 aromatic carbocycles. The minimum atomic E-state index is -0.218. The molecule has 0 aliphatic carbocycles. The highest BCUT2D eigenvalue weighted by molar-refractivity contribution is 5.37. The number of ether oxygens (including phenoxy) is 1. The molecule has 2 heteroatoms. The molecule has 18 heavy (non-hydrogen) atoms. The molecule has 1 unspecified atom stereocenters. The highest BCUT2D eigenvalue weighted by Crippen LogP contribution is 2.29. The molecule has 0 spiro atoms. The molecule has 1 atom stereocenters. The molecule has 1 nitrogen and oxygen atoms in total. The summed E-state index contributed by atoms with van der Waals surface area (Å²) in [5.74, 6) is 6.90. The van der Waals surface area contributed by atoms with Crippen LogP contribution >= 0.6 is 0 Å². The number of halogens is 1. The van der Waals surface area contributed by atoms with Gasteiger partial charge in [-0.25, -0.2) is 4.39 Å². The van der Waals surface area contributed by atoms with Gasteiger partial charge in [-0.2, -0.15) is 0 Å². The maximum atomic E-state index is 13.3. The van der Waals surface area contributed by atoms with Crippen LogP contribution in [0.2, 0.25) is 0 Å². The van der Waals surface area contributed by atoms with Gasteiger partial charge < -0.3 is 4.74 Å². The predicted molar refractivity (Wildman–Crippen MR) is 73.3 cm³/mol. The van der Waals surface area contributed by atoms with Gasteiger partial charge in [0.1, 0.15) is 11.6 Å². The van der Waals surface area contributed by atoms with E-state index in [4.69, 9.17) is 4.74 Å². The summed E-state index contributed by atoms with van der Waals surface area (Å²) >= 11 is 0. The molecule has 0 amide bonds. The summed E-state index contributed by atoms with van der Waals surface area (Å²) in [7, 11) is 0. The first-order valence-corrected chi connectivity index (χ1v) is 6.57. The maximum absolute atomic E-state index is 13.3. The van der Waals surface area contributed by atoms with Crippen molar-refractivity contribution < 1.29 is 9.13 Å². The Morgan fingerprint density at radius 1 is 1.28 bits per heavy atom. The fourth-order valence-corrected chi connectivity index (χ4v) is 1.71. The maximum Gasteiger partial charge on any atom is 0.123 e. The minimum absolute atomic E-state index is 0.187. The Morgan fingerprint density at radius 3 is 2.72 bits per heavy atom. The molecule has 98 valence electrons. The molecule has 0 aliphatic rings. The van der Waals surface area contributed by atoms with Crippen LogP contribution in [0.15, 0.2) is 18.2 Å². The lowest BCUT2D eigenvalue weighted by Gasteiger charge is -2.15. The molecule has 1 aromatic rings. The fourth-order valence-electron chi connectivity index (χ4n) is 1.71. The van der Waals surface area contributed by atoms with Gasteiger partial charge in [0.25, 0.3) is 0 Å². The summed E-state index contributed by atoms with van der Waals surface area (Å²) in [4.78, 5) is 0. The van der Waals surface area contributed by atoms with Gasteiger partial charge >= 0.3 is 0 Å². The van der Waals surface area contributed by atoms with Gasteiger partial charge in [0.2, 0.25) is 0 Å². The van der Waals surface area contributed by atoms with E-state index in [0.717, 1.165) is 30.6 Å². The summed E-state index contributed by atoms with van der Waals surface area (Å²) < 4.78 is 19.0. The third-order valence-electron chi connectivity index (χ3n) is 2.67. The van der Waals surface area contributed by atoms with Crippen molar-refractivity contribution in [3.8, 4) is 17.6 Å². The zero-order chi connectivity index (χ0) is 13.4. The van der Waals surface area contributed by atoms with Crippen molar-refractivity contribution in [1.82, 2.24) is 0 Å². The zero-order valence-electron chi connectivity index (χ0n) is 11.4. The van der Waals surface area contributed by atoms with Crippen molar-refractivity contribution in [1.29, 1.82) is 0 Å². The third kappa shape index (κ3) is 4.41. The molecule has 0 heterocycles. The van der Waals surface area contributed by atoms with Gasteiger partial charge in [0.05, 0.1) is 6.61 Å². The highest BCUT2D eigenvalue weighted by Gasteiger charge is 2.12. The fraction of sp³-hybridized carbons (Fsp3) is 0.500. The van der Waals surface area contributed by atoms with Gasteiger partial charge in [-0.15, -0.1) is 11.8 Å². The molecule has 0 radical (unpaired) electrons. The van der Waals surface area contributed by atoms with Gasteiger partial charge in [0.15, 0.2) is 0 Å². The lowest BCUT2D eigenvalue weighted by atomic mass is 9.97. The van der Waals surface area contributed by atoms with Crippen LogP contribution in [0.5, 0.6) is 5.75 Å². The second kappa shape index (κ2) is 7.76. The highest BCUT2D eigenvalue weighted by atomic mass is 19.1. The van der Waals surface area contributed by atoms with E-state index in [-0.39, 0.29) is 11.7 Å². The Morgan fingerprint density at radius 2 is 2.06 bits per heavy atom. The number of hydrogen-bond acceptors (Lipinski definition) is 1. The Kier molecular flexibility index (Phi) is 6.28. The van der Waals surface area contributed by atoms with Gasteiger partial charge in [-0.1, -0.05) is 20.8 Å². The average Bonchev–Trinajstić information content (AvgIpc) is 2.37. The molecule has 1 rings (SSSR count). The standard InChI is InChI=1S/C16H21FO/c1-4-6-7-8-13(3)15-12-14(17)9-10-16(15)18-11-5-2/h9-10,12-13H,4-5,8,11H2,1-3H3. The van der Waals surface area contributed by atoms with E-state index in [1.165, 1.54) is 6.07 Å². The second-order valence-electron chi connectivity index (χ2n) is 4.34. The first-order valence-electron chi connectivity index (χ1n) is 6.57. The number of benzene rings is 1. The molecular weight excluding hydrogens is 227 g/mol. The van der Waals surface area contributed by atoms with Crippen LogP contribution in [0.1, 0.15) is 51.5 Å². The normalized spacial score (nSPS) is 11.6. The van der Waals surface area contributed by atoms with E-state index < -0.39 is 0 Å². The second-order valence-corrected chi connectivity index (χ2v) is 4.34. The van der Waals surface area contributed by atoms with Crippen LogP contribution in [0, 0.1) is 17.7 Å². The third-order valence-corrected chi connectivity index (χ3v) is 2.67. The van der Waals surface area contributed by atoms with E-state index in [0.29, 0.717) is 6.61 Å². The van der Waals surface area contributed by atoms with Crippen LogP contribution in [-0.4, -0.2) is 6.61 Å². The Bertz CT molecular complexity index is 428. The van der Waals surface area contributed by atoms with E-state index in [1.807, 2.05) is 6.92 Å². The lowest BCUT2D eigenvalue weighted by molar-refractivity contribution is 0.312. The molecule has 0 saturated heterocycles. The first-order chi connectivity index (χ1) is 8.69. The van der Waals surface area contributed by atoms with E-state index in [2.05, 4.69) is 25.7 Å². The summed E-state index contributed by atoms with van der Waals surface area (Å²) in [6, 6.07) is 4.71. The Labute approximate surface area is 109 Å². The molecular formula is C16H21FO. The quantitative estimate of drug-likeness (QED) is 0.696. The molecule has 0 saturated carbocycles. The van der Waals surface area contributed by atoms with E-state index in [1.54, 1.807) is 12.1 Å². The van der Waals surface area contributed by atoms with Crippen LogP contribution in [0.25, 0.3) is 0 Å². The van der Waals surface area contributed by atoms with Gasteiger partial charge in [0, 0.05) is 18.4 Å². The molecule has 0 N–H and O–H groups in total. The van der Waals surface area contributed by atoms with Crippen LogP contribution in [0.3, 0.4) is 0 Å². The minimum Gasteiger partial charge on any atom is -0.493 e. The van der Waals surface area contributed by atoms with E-state index >= 15 is 0 Å². The van der Waals surface area contributed by atoms with Crippen molar-refractivity contribution in [3.63, 3.8) is 0 Å². The summed E-state index contributed by atoms with van der Waals surface area (Å²) in [5, 5.41) is 0. The largest absolute Gasteiger partial charge is 0.493 e. The number of hydrogen-bond donors (Lipinski definition) is 0. The van der Waals surface area contributed by atoms with Crippen LogP contribution in [-0.2, 0) is 0 Å². The molecule has 0 aliphatic heterocycles. The van der Waals surface area contributed by atoms with Crippen molar-refractivity contribution in [3.05, 3.63) is 29.6 Å². The van der Waals surface area contributed by atoms with Gasteiger partial charge in [-0.3, -0.25) is 0 Å². The zero-order valence-corrected chi connectivity index (χ0v) is 11.4. The summed E-state index contributed by atoms with van der Waals surface area (Å²) in [5.41, 5.74) is 0.911. The molecule has 0 fully saturated rings. The summed E-state index contributed by atoms with van der Waals surface area (Å²) in [6.07, 6.45) is 2.54. The summed E-state index contributed by atoms with van der Waals surface area (Å²) in [6.45, 7) is 6.79. The predicted octanol–water partition coefficient (Wildman–Crippen LogP) is 4.52. The average molecular weight is 248 g/mol. The SMILES string of the molecule is CCC#CCC(C)c1cc(F)ccc1OCCC. The molecule has 0 aromatic heterocycles. The van der Waals surface area contributed by atoms with Crippen molar-refractivity contribution in [2.75, 3.05) is 6.61 Å². The van der Waals surface area contributed by atoms with Crippen molar-refractivity contribution in [2.24, 2.45) is 0 Å². The lowest BCUT2D eigenvalue weighted by Crippen LogP contribution is -2.02. The van der Waals surface area contributed by atoms with Crippen LogP contribution < -0.4 is 4.74 Å². The van der Waals surface area contributed by atoms with Crippen LogP contribution in [0.4, 0.5) is 4.39 Å². The van der Waals surface area contributed by atoms with Crippen molar-refractivity contribution in [2.45, 2.75) is 46.0 Å². The molecule has 0 bridgehead atoms. The Balaban J connectivity index is 2.86. The van der Waals surface area contributed by atoms with Gasteiger partial charge in [-0.05, 0) is 30.5 Å². The smallest absolute Gasteiger partial charge is 0.123 e.